The van der Waals surface area contributed by atoms with Gasteiger partial charge in [0.25, 0.3) is 0 Å². The van der Waals surface area contributed by atoms with Crippen molar-refractivity contribution in [1.82, 2.24) is 15.4 Å². The van der Waals surface area contributed by atoms with Crippen molar-refractivity contribution in [3.8, 4) is 11.4 Å². The van der Waals surface area contributed by atoms with Crippen LogP contribution in [0.5, 0.6) is 0 Å². The number of nitrogen functional groups attached to an aromatic ring is 1. The molecule has 2 rings (SSSR count). The molecule has 6 nitrogen and oxygen atoms in total. The molecule has 0 aliphatic rings. The minimum absolute atomic E-state index is 0.290. The highest BCUT2D eigenvalue weighted by Crippen LogP contribution is 2.21. The van der Waals surface area contributed by atoms with Crippen molar-refractivity contribution >= 4 is 24.2 Å². The molecule has 0 saturated heterocycles. The van der Waals surface area contributed by atoms with Crippen LogP contribution in [0.3, 0.4) is 0 Å². The van der Waals surface area contributed by atoms with Crippen molar-refractivity contribution in [2.24, 2.45) is 0 Å². The van der Waals surface area contributed by atoms with E-state index >= 15 is 0 Å². The van der Waals surface area contributed by atoms with Gasteiger partial charge in [-0.3, -0.25) is 0 Å². The third-order valence-corrected chi connectivity index (χ3v) is 2.86. The Labute approximate surface area is 109 Å². The van der Waals surface area contributed by atoms with E-state index in [1.807, 2.05) is 17.5 Å². The highest BCUT2D eigenvalue weighted by Gasteiger charge is 2.07. The van der Waals surface area contributed by atoms with E-state index in [1.54, 1.807) is 12.9 Å². The number of aromatic nitrogens is 2. The fourth-order valence-electron chi connectivity index (χ4n) is 1.31. The molecule has 0 saturated carbocycles. The van der Waals surface area contributed by atoms with E-state index in [-0.39, 0.29) is 6.61 Å². The number of nitrogens with one attached hydrogen (secondary N) is 1. The van der Waals surface area contributed by atoms with Crippen LogP contribution >= 0.6 is 11.3 Å². The van der Waals surface area contributed by atoms with Crippen LogP contribution in [-0.2, 0) is 11.4 Å². The average molecular weight is 264 g/mol. The number of thiazole rings is 1. The highest BCUT2D eigenvalue weighted by molar-refractivity contribution is 7.09. The normalized spacial score (nSPS) is 10.6. The first-order valence-corrected chi connectivity index (χ1v) is 6.26. The Morgan fingerprint density at radius 3 is 3.00 bits per heavy atom. The fourth-order valence-corrected chi connectivity index (χ4v) is 2.01. The van der Waals surface area contributed by atoms with Gasteiger partial charge in [0, 0.05) is 5.38 Å². The second kappa shape index (κ2) is 5.92. The van der Waals surface area contributed by atoms with Crippen LogP contribution in [0.4, 0.5) is 5.82 Å². The first-order chi connectivity index (χ1) is 8.65. The van der Waals surface area contributed by atoms with E-state index in [2.05, 4.69) is 15.4 Å². The summed E-state index contributed by atoms with van der Waals surface area (Å²) in [5, 5.41) is 14.1. The maximum atomic E-state index is 8.97. The summed E-state index contributed by atoms with van der Waals surface area (Å²) in [5.41, 5.74) is 7.12. The molecule has 0 spiro atoms. The zero-order valence-corrected chi connectivity index (χ0v) is 10.6. The molecule has 0 bridgehead atoms. The van der Waals surface area contributed by atoms with Crippen molar-refractivity contribution in [1.29, 1.82) is 0 Å². The van der Waals surface area contributed by atoms with Crippen molar-refractivity contribution < 1.29 is 9.86 Å². The van der Waals surface area contributed by atoms with Crippen LogP contribution in [0.25, 0.3) is 11.4 Å². The monoisotopic (exact) mass is 264 g/mol. The van der Waals surface area contributed by atoms with Gasteiger partial charge in [0.2, 0.25) is 0 Å². The Morgan fingerprint density at radius 2 is 2.28 bits per heavy atom. The third kappa shape index (κ3) is 3.51. The average Bonchev–Trinajstić information content (AvgIpc) is 2.77. The molecule has 2 heterocycles. The molecule has 0 atom stereocenters. The minimum Gasteiger partial charge on any atom is -0.436 e. The summed E-state index contributed by atoms with van der Waals surface area (Å²) in [4.78, 5) is 13.6. The number of hydrogen-bond donors (Lipinski definition) is 3. The van der Waals surface area contributed by atoms with Crippen molar-refractivity contribution in [2.45, 2.75) is 13.4 Å². The molecule has 0 unspecified atom stereocenters. The Morgan fingerprint density at radius 1 is 1.44 bits per heavy atom. The second-order valence-electron chi connectivity index (χ2n) is 3.66. The van der Waals surface area contributed by atoms with Gasteiger partial charge in [0.05, 0.1) is 5.69 Å². The summed E-state index contributed by atoms with van der Waals surface area (Å²) in [6.07, 6.45) is 0. The summed E-state index contributed by atoms with van der Waals surface area (Å²) in [5.74, 6) is 0.467. The maximum Gasteiger partial charge on any atom is 0.398 e. The van der Waals surface area contributed by atoms with E-state index in [0.717, 1.165) is 16.4 Å². The Hall–Kier alpha value is -1.48. The van der Waals surface area contributed by atoms with Crippen LogP contribution in [0.15, 0.2) is 23.6 Å². The van der Waals surface area contributed by atoms with Gasteiger partial charge in [-0.2, -0.15) is 0 Å². The van der Waals surface area contributed by atoms with Crippen LogP contribution in [0.1, 0.15) is 5.01 Å². The molecule has 2 aromatic rings. The van der Waals surface area contributed by atoms with Gasteiger partial charge in [-0.25, -0.2) is 15.4 Å². The van der Waals surface area contributed by atoms with Gasteiger partial charge >= 0.3 is 7.05 Å². The Bertz CT molecular complexity index is 520. The molecular weight excluding hydrogens is 251 g/mol. The molecule has 94 valence electrons. The lowest BCUT2D eigenvalue weighted by Crippen LogP contribution is -2.30. The van der Waals surface area contributed by atoms with E-state index in [9.17, 15) is 0 Å². The molecule has 0 fully saturated rings. The van der Waals surface area contributed by atoms with E-state index in [1.165, 1.54) is 11.3 Å². The zero-order chi connectivity index (χ0) is 13.0. The van der Waals surface area contributed by atoms with E-state index < -0.39 is 7.05 Å². The van der Waals surface area contributed by atoms with Crippen LogP contribution in [-0.4, -0.2) is 22.0 Å². The number of rotatable bonds is 5. The van der Waals surface area contributed by atoms with E-state index in [4.69, 9.17) is 15.6 Å². The number of nitrogens with two attached hydrogens (primary N) is 1. The molecular formula is C10H13BN4O2S. The number of nitrogens with zero attached hydrogens (tertiary/aromatic N) is 2. The van der Waals surface area contributed by atoms with Crippen LogP contribution in [0.2, 0.25) is 6.82 Å². The molecule has 0 radical (unpaired) electrons. The van der Waals surface area contributed by atoms with Gasteiger partial charge in [-0.1, -0.05) is 6.07 Å². The fraction of sp³-hybridized carbons (Fsp3) is 0.200. The van der Waals surface area contributed by atoms with Gasteiger partial charge < -0.3 is 15.6 Å². The van der Waals surface area contributed by atoms with Crippen LogP contribution in [0, 0.1) is 0 Å². The summed E-state index contributed by atoms with van der Waals surface area (Å²) in [6, 6.07) is 5.42. The molecule has 18 heavy (non-hydrogen) atoms. The zero-order valence-electron chi connectivity index (χ0n) is 9.83. The van der Waals surface area contributed by atoms with Crippen molar-refractivity contribution in [2.75, 3.05) is 5.73 Å². The topological polar surface area (TPSA) is 93.3 Å². The molecule has 2 aromatic heterocycles. The number of hydrogen-bond acceptors (Lipinski definition) is 7. The second-order valence-corrected chi connectivity index (χ2v) is 4.60. The maximum absolute atomic E-state index is 8.97. The van der Waals surface area contributed by atoms with Gasteiger partial charge in [-0.05, 0) is 19.0 Å². The Kier molecular flexibility index (Phi) is 4.26. The predicted molar refractivity (Wildman–Crippen MR) is 71.5 cm³/mol. The smallest absolute Gasteiger partial charge is 0.398 e. The first kappa shape index (κ1) is 13.0. The SMILES string of the molecule is CB(O)NOCc1nc(-c2cccc(N)n2)cs1. The van der Waals surface area contributed by atoms with Gasteiger partial charge in [0.1, 0.15) is 23.1 Å². The van der Waals surface area contributed by atoms with Crippen molar-refractivity contribution in [3.63, 3.8) is 0 Å². The standard InChI is InChI=1S/C10H13BN4O2S/c1-11(16)15-17-5-10-14-8(6-18-10)7-3-2-4-9(12)13-7/h2-4,6,15-16H,5H2,1H3,(H2,12,13). The lowest BCUT2D eigenvalue weighted by Gasteiger charge is -2.02. The number of pyridine rings is 1. The van der Waals surface area contributed by atoms with Crippen molar-refractivity contribution in [3.05, 3.63) is 28.6 Å². The molecule has 0 amide bonds. The molecule has 0 aliphatic carbocycles. The molecule has 4 N–H and O–H groups in total. The number of anilines is 1. The lowest BCUT2D eigenvalue weighted by molar-refractivity contribution is 0.0674. The summed E-state index contributed by atoms with van der Waals surface area (Å²) >= 11 is 1.46. The predicted octanol–water partition coefficient (Wildman–Crippen LogP) is 0.919. The molecule has 0 aromatic carbocycles. The van der Waals surface area contributed by atoms with Crippen LogP contribution < -0.4 is 11.1 Å². The highest BCUT2D eigenvalue weighted by atomic mass is 32.1. The summed E-state index contributed by atoms with van der Waals surface area (Å²) < 4.78 is 0. The molecule has 8 heteroatoms. The van der Waals surface area contributed by atoms with Gasteiger partial charge in [-0.15, -0.1) is 11.3 Å². The summed E-state index contributed by atoms with van der Waals surface area (Å²) in [6.45, 7) is 1.86. The minimum atomic E-state index is -0.708. The quantitative estimate of drug-likeness (QED) is 0.549. The lowest BCUT2D eigenvalue weighted by atomic mass is 9.92. The largest absolute Gasteiger partial charge is 0.436 e. The summed E-state index contributed by atoms with van der Waals surface area (Å²) in [7, 11) is -0.708. The van der Waals surface area contributed by atoms with Gasteiger partial charge in [0.15, 0.2) is 0 Å². The first-order valence-electron chi connectivity index (χ1n) is 5.38. The molecule has 0 aliphatic heterocycles. The van der Waals surface area contributed by atoms with E-state index in [0.29, 0.717) is 5.82 Å². The Balaban J connectivity index is 2.02. The third-order valence-electron chi connectivity index (χ3n) is 2.03.